The van der Waals surface area contributed by atoms with Gasteiger partial charge in [-0.3, -0.25) is 4.79 Å². The van der Waals surface area contributed by atoms with Crippen LogP contribution in [0.4, 0.5) is 10.8 Å². The van der Waals surface area contributed by atoms with Crippen LogP contribution in [-0.4, -0.2) is 47.7 Å². The van der Waals surface area contributed by atoms with E-state index in [2.05, 4.69) is 20.8 Å². The quantitative estimate of drug-likeness (QED) is 0.632. The monoisotopic (exact) mass is 394 g/mol. The van der Waals surface area contributed by atoms with Crippen molar-refractivity contribution in [1.29, 1.82) is 0 Å². The van der Waals surface area contributed by atoms with Crippen LogP contribution in [-0.2, 0) is 9.53 Å². The number of carbonyl (C=O) groups excluding carboxylic acids is 1. The Morgan fingerprint density at radius 2 is 2.31 bits per heavy atom. The van der Waals surface area contributed by atoms with Crippen LogP contribution in [0.2, 0.25) is 0 Å². The molecule has 9 heteroatoms. The van der Waals surface area contributed by atoms with Crippen LogP contribution >= 0.6 is 23.1 Å². The third-order valence-electron chi connectivity index (χ3n) is 3.71. The van der Waals surface area contributed by atoms with Gasteiger partial charge in [-0.1, -0.05) is 35.2 Å². The predicted molar refractivity (Wildman–Crippen MR) is 104 cm³/mol. The predicted octanol–water partition coefficient (Wildman–Crippen LogP) is 3.07. The molecule has 1 saturated heterocycles. The number of aromatic nitrogens is 2. The summed E-state index contributed by atoms with van der Waals surface area (Å²) in [7, 11) is 0. The van der Waals surface area contributed by atoms with Gasteiger partial charge in [-0.05, 0) is 31.9 Å². The minimum Gasteiger partial charge on any atom is -0.492 e. The summed E-state index contributed by atoms with van der Waals surface area (Å²) in [6.45, 7) is 3.91. The van der Waals surface area contributed by atoms with E-state index in [9.17, 15) is 4.79 Å². The summed E-state index contributed by atoms with van der Waals surface area (Å²) in [5.41, 5.74) is 0.844. The number of amides is 1. The second-order valence-electron chi connectivity index (χ2n) is 5.66. The third-order valence-corrected chi connectivity index (χ3v) is 5.68. The van der Waals surface area contributed by atoms with Crippen LogP contribution in [0.5, 0.6) is 5.75 Å². The highest BCUT2D eigenvalue weighted by molar-refractivity contribution is 8.01. The highest BCUT2D eigenvalue weighted by Gasteiger charge is 2.16. The number of para-hydroxylation sites is 2. The van der Waals surface area contributed by atoms with Gasteiger partial charge in [0.2, 0.25) is 11.0 Å². The van der Waals surface area contributed by atoms with Crippen LogP contribution in [0.1, 0.15) is 19.8 Å². The Labute approximate surface area is 160 Å². The maximum Gasteiger partial charge on any atom is 0.230 e. The summed E-state index contributed by atoms with van der Waals surface area (Å²) >= 11 is 2.79. The Balaban J connectivity index is 1.46. The van der Waals surface area contributed by atoms with Gasteiger partial charge in [0.1, 0.15) is 5.75 Å². The fourth-order valence-corrected chi connectivity index (χ4v) is 4.09. The fourth-order valence-electron chi connectivity index (χ4n) is 2.50. The second kappa shape index (κ2) is 9.75. The lowest BCUT2D eigenvalue weighted by atomic mass is 10.2. The Bertz CT molecular complexity index is 720. The SMILES string of the molecule is CCOc1ccccc1Nc1nnc(SCC(=O)NC[C@@H]2CCCO2)s1. The molecular weight excluding hydrogens is 372 g/mol. The number of hydrogen-bond acceptors (Lipinski definition) is 8. The molecule has 3 rings (SSSR count). The summed E-state index contributed by atoms with van der Waals surface area (Å²) in [6, 6.07) is 7.69. The first-order valence-electron chi connectivity index (χ1n) is 8.58. The van der Waals surface area contributed by atoms with Gasteiger partial charge in [-0.2, -0.15) is 0 Å². The first-order valence-corrected chi connectivity index (χ1v) is 10.4. The number of nitrogens with one attached hydrogen (secondary N) is 2. The molecule has 0 aliphatic carbocycles. The van der Waals surface area contributed by atoms with Gasteiger partial charge < -0.3 is 20.1 Å². The van der Waals surface area contributed by atoms with Crippen molar-refractivity contribution in [3.05, 3.63) is 24.3 Å². The molecule has 1 aliphatic heterocycles. The maximum atomic E-state index is 11.9. The molecular formula is C17H22N4O3S2. The average Bonchev–Trinajstić information content (AvgIpc) is 3.32. The number of carbonyl (C=O) groups is 1. The number of hydrogen-bond donors (Lipinski definition) is 2. The van der Waals surface area contributed by atoms with Gasteiger partial charge in [0.05, 0.1) is 24.2 Å². The number of rotatable bonds is 9. The summed E-state index contributed by atoms with van der Waals surface area (Å²) in [6.07, 6.45) is 2.25. The zero-order valence-electron chi connectivity index (χ0n) is 14.6. The van der Waals surface area contributed by atoms with E-state index in [0.29, 0.717) is 24.0 Å². The molecule has 7 nitrogen and oxygen atoms in total. The van der Waals surface area contributed by atoms with Gasteiger partial charge in [0.15, 0.2) is 4.34 Å². The molecule has 26 heavy (non-hydrogen) atoms. The van der Waals surface area contributed by atoms with Gasteiger partial charge in [-0.25, -0.2) is 0 Å². The third kappa shape index (κ3) is 5.58. The molecule has 1 aromatic carbocycles. The van der Waals surface area contributed by atoms with E-state index in [0.717, 1.165) is 35.2 Å². The van der Waals surface area contributed by atoms with Crippen LogP contribution in [0.25, 0.3) is 0 Å². The van der Waals surface area contributed by atoms with Crippen molar-refractivity contribution in [3.63, 3.8) is 0 Å². The maximum absolute atomic E-state index is 11.9. The lowest BCUT2D eigenvalue weighted by Crippen LogP contribution is -2.32. The van der Waals surface area contributed by atoms with E-state index in [-0.39, 0.29) is 12.0 Å². The lowest BCUT2D eigenvalue weighted by molar-refractivity contribution is -0.119. The van der Waals surface area contributed by atoms with Crippen LogP contribution in [0, 0.1) is 0 Å². The summed E-state index contributed by atoms with van der Waals surface area (Å²) in [4.78, 5) is 11.9. The van der Waals surface area contributed by atoms with Crippen LogP contribution in [0.15, 0.2) is 28.6 Å². The van der Waals surface area contributed by atoms with Gasteiger partial charge in [-0.15, -0.1) is 10.2 Å². The number of benzene rings is 1. The Morgan fingerprint density at radius 3 is 3.12 bits per heavy atom. The molecule has 0 bridgehead atoms. The molecule has 140 valence electrons. The van der Waals surface area contributed by atoms with Crippen molar-refractivity contribution in [3.8, 4) is 5.75 Å². The van der Waals surface area contributed by atoms with Crippen molar-refractivity contribution in [2.75, 3.05) is 30.8 Å². The van der Waals surface area contributed by atoms with Gasteiger partial charge >= 0.3 is 0 Å². The zero-order valence-corrected chi connectivity index (χ0v) is 16.2. The van der Waals surface area contributed by atoms with E-state index < -0.39 is 0 Å². The molecule has 1 aromatic heterocycles. The number of nitrogens with zero attached hydrogens (tertiary/aromatic N) is 2. The molecule has 0 saturated carbocycles. The molecule has 0 unspecified atom stereocenters. The van der Waals surface area contributed by atoms with Crippen molar-refractivity contribution >= 4 is 39.8 Å². The zero-order chi connectivity index (χ0) is 18.2. The van der Waals surface area contributed by atoms with E-state index in [4.69, 9.17) is 9.47 Å². The number of ether oxygens (including phenoxy) is 2. The van der Waals surface area contributed by atoms with E-state index >= 15 is 0 Å². The summed E-state index contributed by atoms with van der Waals surface area (Å²) in [5.74, 6) is 1.07. The van der Waals surface area contributed by atoms with Gasteiger partial charge in [0.25, 0.3) is 0 Å². The molecule has 1 atom stereocenters. The minimum absolute atomic E-state index is 0.0168. The molecule has 0 radical (unpaired) electrons. The first-order chi connectivity index (χ1) is 12.7. The van der Waals surface area contributed by atoms with Crippen molar-refractivity contribution in [2.24, 2.45) is 0 Å². The average molecular weight is 395 g/mol. The summed E-state index contributed by atoms with van der Waals surface area (Å²) in [5, 5.41) is 15.0. The highest BCUT2D eigenvalue weighted by atomic mass is 32.2. The summed E-state index contributed by atoms with van der Waals surface area (Å²) < 4.78 is 11.8. The Hall–Kier alpha value is -1.84. The number of thioether (sulfide) groups is 1. The fraction of sp³-hybridized carbons (Fsp3) is 0.471. The second-order valence-corrected chi connectivity index (χ2v) is 7.86. The first kappa shape index (κ1) is 18.9. The largest absolute Gasteiger partial charge is 0.492 e. The highest BCUT2D eigenvalue weighted by Crippen LogP contribution is 2.31. The van der Waals surface area contributed by atoms with Gasteiger partial charge in [0, 0.05) is 13.2 Å². The van der Waals surface area contributed by atoms with Crippen molar-refractivity contribution in [2.45, 2.75) is 30.2 Å². The van der Waals surface area contributed by atoms with Crippen molar-refractivity contribution < 1.29 is 14.3 Å². The Morgan fingerprint density at radius 1 is 1.42 bits per heavy atom. The normalized spacial score (nSPS) is 16.4. The molecule has 2 aromatic rings. The number of anilines is 2. The van der Waals surface area contributed by atoms with E-state index in [1.54, 1.807) is 0 Å². The molecule has 0 spiro atoms. The topological polar surface area (TPSA) is 85.4 Å². The van der Waals surface area contributed by atoms with E-state index in [1.165, 1.54) is 23.1 Å². The molecule has 1 aliphatic rings. The lowest BCUT2D eigenvalue weighted by Gasteiger charge is -2.10. The van der Waals surface area contributed by atoms with Crippen molar-refractivity contribution in [1.82, 2.24) is 15.5 Å². The minimum atomic E-state index is -0.0168. The van der Waals surface area contributed by atoms with Crippen LogP contribution < -0.4 is 15.4 Å². The Kier molecular flexibility index (Phi) is 7.10. The molecule has 2 heterocycles. The molecule has 1 amide bonds. The van der Waals surface area contributed by atoms with Crippen LogP contribution in [0.3, 0.4) is 0 Å². The molecule has 2 N–H and O–H groups in total. The van der Waals surface area contributed by atoms with E-state index in [1.807, 2.05) is 31.2 Å². The smallest absolute Gasteiger partial charge is 0.230 e. The molecule has 1 fully saturated rings. The standard InChI is InChI=1S/C17H22N4O3S2/c1-2-23-14-8-4-3-7-13(14)19-16-20-21-17(26-16)25-11-15(22)18-10-12-6-5-9-24-12/h3-4,7-8,12H,2,5-6,9-11H2,1H3,(H,18,22)(H,19,20)/t12-/m0/s1.